The maximum Gasteiger partial charge on any atom is 0.267 e. The fourth-order valence-electron chi connectivity index (χ4n) is 2.87. The van der Waals surface area contributed by atoms with Gasteiger partial charge in [-0.2, -0.15) is 15.0 Å². The highest BCUT2D eigenvalue weighted by atomic mass is 32.2. The molecule has 0 atom stereocenters. The lowest BCUT2D eigenvalue weighted by Crippen LogP contribution is -2.22. The SMILES string of the molecule is Cc1ccnc(-n2c(SCc3nc(N)nc(N(C)C)n3)nc3ccccc3c2=O)c1. The molecule has 0 bridgehead atoms. The van der Waals surface area contributed by atoms with Crippen LogP contribution in [-0.4, -0.2) is 43.6 Å². The maximum atomic E-state index is 13.3. The molecule has 2 N–H and O–H groups in total. The third-order valence-electron chi connectivity index (χ3n) is 4.29. The van der Waals surface area contributed by atoms with Gasteiger partial charge >= 0.3 is 0 Å². The van der Waals surface area contributed by atoms with Gasteiger partial charge in [-0.15, -0.1) is 0 Å². The largest absolute Gasteiger partial charge is 0.368 e. The lowest BCUT2D eigenvalue weighted by atomic mass is 10.2. The average Bonchev–Trinajstić information content (AvgIpc) is 2.72. The number of benzene rings is 1. The summed E-state index contributed by atoms with van der Waals surface area (Å²) in [4.78, 5) is 36.9. The molecule has 0 spiro atoms. The summed E-state index contributed by atoms with van der Waals surface area (Å²) in [7, 11) is 3.66. The number of nitrogens with two attached hydrogens (primary N) is 1. The molecule has 0 aliphatic heterocycles. The number of pyridine rings is 1. The molecular weight excluding hydrogens is 400 g/mol. The highest BCUT2D eigenvalue weighted by Crippen LogP contribution is 2.24. The molecular formula is C20H20N8OS. The Morgan fingerprint density at radius 1 is 1.10 bits per heavy atom. The number of hydrogen-bond donors (Lipinski definition) is 1. The number of aromatic nitrogens is 6. The van der Waals surface area contributed by atoms with Gasteiger partial charge in [-0.3, -0.25) is 4.79 Å². The normalized spacial score (nSPS) is 11.0. The molecule has 3 heterocycles. The number of nitrogens with zero attached hydrogens (tertiary/aromatic N) is 7. The molecule has 0 fully saturated rings. The molecule has 152 valence electrons. The van der Waals surface area contributed by atoms with Gasteiger partial charge in [-0.05, 0) is 36.8 Å². The van der Waals surface area contributed by atoms with Crippen molar-refractivity contribution in [3.63, 3.8) is 0 Å². The van der Waals surface area contributed by atoms with E-state index in [9.17, 15) is 4.79 Å². The summed E-state index contributed by atoms with van der Waals surface area (Å²) < 4.78 is 1.53. The molecule has 30 heavy (non-hydrogen) atoms. The zero-order chi connectivity index (χ0) is 21.3. The van der Waals surface area contributed by atoms with Crippen LogP contribution in [0.5, 0.6) is 0 Å². The van der Waals surface area contributed by atoms with Crippen LogP contribution in [-0.2, 0) is 5.75 Å². The molecule has 0 unspecified atom stereocenters. The summed E-state index contributed by atoms with van der Waals surface area (Å²) in [5.41, 5.74) is 7.27. The Labute approximate surface area is 177 Å². The average molecular weight is 421 g/mol. The quantitative estimate of drug-likeness (QED) is 0.383. The number of rotatable bonds is 5. The Morgan fingerprint density at radius 2 is 1.90 bits per heavy atom. The van der Waals surface area contributed by atoms with Crippen molar-refractivity contribution in [2.75, 3.05) is 24.7 Å². The van der Waals surface area contributed by atoms with Crippen LogP contribution in [0.1, 0.15) is 11.4 Å². The van der Waals surface area contributed by atoms with Crippen LogP contribution < -0.4 is 16.2 Å². The summed E-state index contributed by atoms with van der Waals surface area (Å²) in [6, 6.07) is 11.0. The Morgan fingerprint density at radius 3 is 2.67 bits per heavy atom. The van der Waals surface area contributed by atoms with E-state index in [0.29, 0.717) is 39.4 Å². The predicted octanol–water partition coefficient (Wildman–Crippen LogP) is 2.21. The van der Waals surface area contributed by atoms with Crippen LogP contribution in [0.4, 0.5) is 11.9 Å². The number of fused-ring (bicyclic) bond motifs is 1. The van der Waals surface area contributed by atoms with E-state index >= 15 is 0 Å². The second kappa shape index (κ2) is 8.07. The van der Waals surface area contributed by atoms with E-state index in [1.807, 2.05) is 51.4 Å². The van der Waals surface area contributed by atoms with E-state index in [2.05, 4.69) is 19.9 Å². The summed E-state index contributed by atoms with van der Waals surface area (Å²) in [6.45, 7) is 1.95. The summed E-state index contributed by atoms with van der Waals surface area (Å²) in [6.07, 6.45) is 1.68. The Balaban J connectivity index is 1.80. The topological polar surface area (TPSA) is 116 Å². The van der Waals surface area contributed by atoms with Crippen molar-refractivity contribution < 1.29 is 0 Å². The summed E-state index contributed by atoms with van der Waals surface area (Å²) >= 11 is 1.34. The van der Waals surface area contributed by atoms with Crippen LogP contribution in [0, 0.1) is 6.92 Å². The second-order valence-corrected chi connectivity index (χ2v) is 7.78. The third kappa shape index (κ3) is 3.94. The number of hydrogen-bond acceptors (Lipinski definition) is 9. The molecule has 3 aromatic heterocycles. The number of thioether (sulfide) groups is 1. The zero-order valence-corrected chi connectivity index (χ0v) is 17.6. The first kappa shape index (κ1) is 19.8. The lowest BCUT2D eigenvalue weighted by Gasteiger charge is -2.13. The highest BCUT2D eigenvalue weighted by Gasteiger charge is 2.16. The van der Waals surface area contributed by atoms with Gasteiger partial charge in [-0.1, -0.05) is 23.9 Å². The lowest BCUT2D eigenvalue weighted by molar-refractivity contribution is 0.793. The van der Waals surface area contributed by atoms with Crippen LogP contribution in [0.15, 0.2) is 52.5 Å². The van der Waals surface area contributed by atoms with Crippen molar-refractivity contribution in [1.82, 2.24) is 29.5 Å². The fraction of sp³-hybridized carbons (Fsp3) is 0.200. The van der Waals surface area contributed by atoms with Crippen LogP contribution in [0.25, 0.3) is 16.7 Å². The maximum absolute atomic E-state index is 13.3. The van der Waals surface area contributed by atoms with Gasteiger partial charge in [0.05, 0.1) is 16.7 Å². The molecule has 0 radical (unpaired) electrons. The van der Waals surface area contributed by atoms with Crippen molar-refractivity contribution in [3.05, 3.63) is 64.3 Å². The van der Waals surface area contributed by atoms with E-state index in [0.717, 1.165) is 5.56 Å². The van der Waals surface area contributed by atoms with E-state index in [1.165, 1.54) is 16.3 Å². The first-order chi connectivity index (χ1) is 14.4. The van der Waals surface area contributed by atoms with Gasteiger partial charge in [0.2, 0.25) is 11.9 Å². The number of nitrogen functional groups attached to an aromatic ring is 1. The van der Waals surface area contributed by atoms with Gasteiger partial charge in [-0.25, -0.2) is 14.5 Å². The number of para-hydroxylation sites is 1. The molecule has 0 saturated carbocycles. The Hall–Kier alpha value is -3.53. The van der Waals surface area contributed by atoms with Crippen molar-refractivity contribution in [1.29, 1.82) is 0 Å². The molecule has 1 aromatic carbocycles. The molecule has 9 nitrogen and oxygen atoms in total. The number of aryl methyl sites for hydroxylation is 1. The molecule has 0 aliphatic carbocycles. The van der Waals surface area contributed by atoms with E-state index in [-0.39, 0.29) is 11.5 Å². The summed E-state index contributed by atoms with van der Waals surface area (Å²) in [5, 5.41) is 1.03. The van der Waals surface area contributed by atoms with Crippen LogP contribution >= 0.6 is 11.8 Å². The fourth-order valence-corrected chi connectivity index (χ4v) is 3.73. The summed E-state index contributed by atoms with van der Waals surface area (Å²) in [5.74, 6) is 2.01. The van der Waals surface area contributed by atoms with E-state index in [1.54, 1.807) is 17.2 Å². The number of anilines is 2. The van der Waals surface area contributed by atoms with Gasteiger partial charge in [0.15, 0.2) is 5.16 Å². The van der Waals surface area contributed by atoms with Gasteiger partial charge < -0.3 is 10.6 Å². The molecule has 4 rings (SSSR count). The van der Waals surface area contributed by atoms with Crippen LogP contribution in [0.2, 0.25) is 0 Å². The first-order valence-corrected chi connectivity index (χ1v) is 10.2. The molecule has 0 aliphatic rings. The minimum Gasteiger partial charge on any atom is -0.368 e. The molecule has 10 heteroatoms. The molecule has 0 amide bonds. The Bertz CT molecular complexity index is 1290. The monoisotopic (exact) mass is 420 g/mol. The van der Waals surface area contributed by atoms with E-state index < -0.39 is 0 Å². The van der Waals surface area contributed by atoms with E-state index in [4.69, 9.17) is 10.7 Å². The van der Waals surface area contributed by atoms with Crippen molar-refractivity contribution in [2.45, 2.75) is 17.8 Å². The smallest absolute Gasteiger partial charge is 0.267 e. The van der Waals surface area contributed by atoms with Gasteiger partial charge in [0.25, 0.3) is 5.56 Å². The van der Waals surface area contributed by atoms with Crippen LogP contribution in [0.3, 0.4) is 0 Å². The molecule has 4 aromatic rings. The van der Waals surface area contributed by atoms with Gasteiger partial charge in [0, 0.05) is 20.3 Å². The second-order valence-electron chi connectivity index (χ2n) is 6.84. The minimum atomic E-state index is -0.176. The van der Waals surface area contributed by atoms with Gasteiger partial charge in [0.1, 0.15) is 11.6 Å². The predicted molar refractivity (Wildman–Crippen MR) is 118 cm³/mol. The Kier molecular flexibility index (Phi) is 5.32. The van der Waals surface area contributed by atoms with Crippen molar-refractivity contribution >= 4 is 34.6 Å². The highest BCUT2D eigenvalue weighted by molar-refractivity contribution is 7.98. The van der Waals surface area contributed by atoms with Crippen molar-refractivity contribution in [3.8, 4) is 5.82 Å². The molecule has 0 saturated heterocycles. The first-order valence-electron chi connectivity index (χ1n) is 9.18. The minimum absolute atomic E-state index is 0.147. The zero-order valence-electron chi connectivity index (χ0n) is 16.8. The van der Waals surface area contributed by atoms with Crippen molar-refractivity contribution in [2.24, 2.45) is 0 Å². The standard InChI is InChI=1S/C20H20N8OS/c1-12-8-9-22-16(10-12)28-17(29)13-6-4-5-7-14(13)23-20(28)30-11-15-24-18(21)26-19(25-15)27(2)3/h4-10H,11H2,1-3H3,(H2,21,24,25,26). The third-order valence-corrected chi connectivity index (χ3v) is 5.23.